The lowest BCUT2D eigenvalue weighted by molar-refractivity contribution is 0.0635. The molecule has 4 rings (SSSR count). The number of nitrogens with one attached hydrogen (secondary N) is 3. The van der Waals surface area contributed by atoms with Gasteiger partial charge in [0.15, 0.2) is 5.13 Å². The van der Waals surface area contributed by atoms with E-state index in [1.54, 1.807) is 75.4 Å². The smallest absolute Gasteiger partial charge is 0.412 e. The van der Waals surface area contributed by atoms with Crippen LogP contribution in [0.4, 0.5) is 21.3 Å². The van der Waals surface area contributed by atoms with Crippen molar-refractivity contribution in [2.24, 2.45) is 0 Å². The zero-order valence-electron chi connectivity index (χ0n) is 19.6. The van der Waals surface area contributed by atoms with Gasteiger partial charge in [-0.15, -0.1) is 0 Å². The fraction of sp³-hybridized carbons (Fsp3) is 0.192. The van der Waals surface area contributed by atoms with Gasteiger partial charge in [0.05, 0.1) is 21.6 Å². The van der Waals surface area contributed by atoms with E-state index >= 15 is 0 Å². The first-order chi connectivity index (χ1) is 16.7. The Kier molecular flexibility index (Phi) is 6.88. The van der Waals surface area contributed by atoms with Crippen LogP contribution in [0, 0.1) is 0 Å². The van der Waals surface area contributed by atoms with Gasteiger partial charge in [0.1, 0.15) is 11.4 Å². The number of fused-ring (bicyclic) bond motifs is 1. The summed E-state index contributed by atoms with van der Waals surface area (Å²) in [4.78, 5) is 29.4. The molecular formula is C26H26N4O4S. The lowest BCUT2D eigenvalue weighted by Crippen LogP contribution is -2.27. The number of carbonyl (C=O) groups excluding carboxylic acids is 2. The molecule has 35 heavy (non-hydrogen) atoms. The number of thiazole rings is 1. The Labute approximate surface area is 207 Å². The number of phenolic OH excluding ortho intramolecular Hbond substituents is 1. The Morgan fingerprint density at radius 1 is 0.971 bits per heavy atom. The third-order valence-electron chi connectivity index (χ3n) is 4.84. The van der Waals surface area contributed by atoms with Crippen molar-refractivity contribution in [2.45, 2.75) is 32.9 Å². The first-order valence-electron chi connectivity index (χ1n) is 11.0. The number of carbonyl (C=O) groups is 2. The standard InChI is InChI=1S/C26H26N4O4S/c1-26(2,3)34-25(33)30-20-7-5-4-6-19(20)28-23(32)17-10-8-16(9-11-17)15-27-24-29-21-13-12-18(31)14-22(21)35-24/h4-14,31H,15H2,1-3H3,(H,27,29)(H,28,32)(H,30,33). The molecule has 180 valence electrons. The van der Waals surface area contributed by atoms with E-state index in [1.165, 1.54) is 11.3 Å². The maximum Gasteiger partial charge on any atom is 0.412 e. The predicted octanol–water partition coefficient (Wildman–Crippen LogP) is 6.21. The Morgan fingerprint density at radius 2 is 1.66 bits per heavy atom. The number of anilines is 3. The number of amides is 2. The van der Waals surface area contributed by atoms with Crippen LogP contribution in [0.1, 0.15) is 36.7 Å². The highest BCUT2D eigenvalue weighted by Gasteiger charge is 2.18. The number of aromatic hydroxyl groups is 1. The van der Waals surface area contributed by atoms with Gasteiger partial charge in [-0.2, -0.15) is 0 Å². The monoisotopic (exact) mass is 490 g/mol. The minimum atomic E-state index is -0.630. The van der Waals surface area contributed by atoms with Gasteiger partial charge >= 0.3 is 6.09 Å². The summed E-state index contributed by atoms with van der Waals surface area (Å²) in [5, 5.41) is 19.1. The Morgan fingerprint density at radius 3 is 2.34 bits per heavy atom. The molecule has 0 unspecified atom stereocenters. The molecule has 3 aromatic carbocycles. The number of nitrogens with zero attached hydrogens (tertiary/aromatic N) is 1. The van der Waals surface area contributed by atoms with Crippen molar-refractivity contribution in [1.29, 1.82) is 0 Å². The summed E-state index contributed by atoms with van der Waals surface area (Å²) in [5.74, 6) is -0.0845. The second-order valence-electron chi connectivity index (χ2n) is 8.85. The molecule has 0 aliphatic rings. The Balaban J connectivity index is 1.37. The molecule has 1 heterocycles. The average molecular weight is 491 g/mol. The van der Waals surface area contributed by atoms with Crippen LogP contribution >= 0.6 is 11.3 Å². The first kappa shape index (κ1) is 24.0. The lowest BCUT2D eigenvalue weighted by atomic mass is 10.1. The number of aromatic nitrogens is 1. The van der Waals surface area contributed by atoms with Gasteiger partial charge < -0.3 is 20.5 Å². The quantitative estimate of drug-likeness (QED) is 0.255. The van der Waals surface area contributed by atoms with Crippen molar-refractivity contribution < 1.29 is 19.4 Å². The molecule has 0 fully saturated rings. The van der Waals surface area contributed by atoms with Gasteiger partial charge in [-0.1, -0.05) is 35.6 Å². The van der Waals surface area contributed by atoms with Crippen molar-refractivity contribution >= 4 is 50.1 Å². The first-order valence-corrected chi connectivity index (χ1v) is 11.8. The van der Waals surface area contributed by atoms with Crippen molar-refractivity contribution in [3.05, 3.63) is 77.9 Å². The van der Waals surface area contributed by atoms with Gasteiger partial charge in [-0.3, -0.25) is 10.1 Å². The van der Waals surface area contributed by atoms with E-state index < -0.39 is 11.7 Å². The van der Waals surface area contributed by atoms with E-state index in [-0.39, 0.29) is 11.7 Å². The Bertz CT molecular complexity index is 1360. The Hall–Kier alpha value is -4.11. The third kappa shape index (κ3) is 6.48. The second kappa shape index (κ2) is 10.0. The van der Waals surface area contributed by atoms with Crippen molar-refractivity contribution in [1.82, 2.24) is 4.98 Å². The molecule has 0 saturated carbocycles. The number of para-hydroxylation sites is 2. The van der Waals surface area contributed by atoms with Gasteiger partial charge in [0.2, 0.25) is 0 Å². The zero-order valence-corrected chi connectivity index (χ0v) is 20.4. The normalized spacial score (nSPS) is 11.2. The number of phenols is 1. The van der Waals surface area contributed by atoms with Crippen LogP contribution in [0.3, 0.4) is 0 Å². The van der Waals surface area contributed by atoms with Crippen LogP contribution in [0.5, 0.6) is 5.75 Å². The highest BCUT2D eigenvalue weighted by molar-refractivity contribution is 7.22. The summed E-state index contributed by atoms with van der Waals surface area (Å²) in [7, 11) is 0. The molecule has 4 N–H and O–H groups in total. The molecular weight excluding hydrogens is 464 g/mol. The number of ether oxygens (including phenoxy) is 1. The fourth-order valence-corrected chi connectivity index (χ4v) is 4.14. The summed E-state index contributed by atoms with van der Waals surface area (Å²) in [6, 6.07) is 19.2. The van der Waals surface area contributed by atoms with E-state index in [9.17, 15) is 14.7 Å². The van der Waals surface area contributed by atoms with E-state index in [2.05, 4.69) is 20.9 Å². The fourth-order valence-electron chi connectivity index (χ4n) is 3.25. The van der Waals surface area contributed by atoms with Gasteiger partial charge in [-0.05, 0) is 68.8 Å². The average Bonchev–Trinajstić information content (AvgIpc) is 3.20. The minimum absolute atomic E-state index is 0.213. The third-order valence-corrected chi connectivity index (χ3v) is 5.82. The van der Waals surface area contributed by atoms with Crippen molar-refractivity contribution in [3.8, 4) is 5.75 Å². The van der Waals surface area contributed by atoms with E-state index in [1.807, 2.05) is 12.1 Å². The van der Waals surface area contributed by atoms with E-state index in [4.69, 9.17) is 4.74 Å². The molecule has 0 aliphatic carbocycles. The number of hydrogen-bond donors (Lipinski definition) is 4. The molecule has 4 aromatic rings. The van der Waals surface area contributed by atoms with E-state index in [0.717, 1.165) is 20.9 Å². The summed E-state index contributed by atoms with van der Waals surface area (Å²) in [5.41, 5.74) is 2.57. The van der Waals surface area contributed by atoms with Crippen molar-refractivity contribution in [2.75, 3.05) is 16.0 Å². The largest absolute Gasteiger partial charge is 0.508 e. The molecule has 1 aromatic heterocycles. The highest BCUT2D eigenvalue weighted by atomic mass is 32.1. The highest BCUT2D eigenvalue weighted by Crippen LogP contribution is 2.29. The molecule has 0 saturated heterocycles. The van der Waals surface area contributed by atoms with Gasteiger partial charge in [0.25, 0.3) is 5.91 Å². The molecule has 0 aliphatic heterocycles. The van der Waals surface area contributed by atoms with Crippen LogP contribution < -0.4 is 16.0 Å². The second-order valence-corrected chi connectivity index (χ2v) is 9.88. The molecule has 0 radical (unpaired) electrons. The van der Waals surface area contributed by atoms with Crippen molar-refractivity contribution in [3.63, 3.8) is 0 Å². The minimum Gasteiger partial charge on any atom is -0.508 e. The van der Waals surface area contributed by atoms with E-state index in [0.29, 0.717) is 23.5 Å². The number of rotatable bonds is 6. The van der Waals surface area contributed by atoms with Gasteiger partial charge in [0, 0.05) is 12.1 Å². The summed E-state index contributed by atoms with van der Waals surface area (Å²) in [6.45, 7) is 5.88. The maximum absolute atomic E-state index is 12.8. The maximum atomic E-state index is 12.8. The van der Waals surface area contributed by atoms with Gasteiger partial charge in [-0.25, -0.2) is 9.78 Å². The molecule has 0 spiro atoms. The van der Waals surface area contributed by atoms with Crippen LogP contribution in [0.2, 0.25) is 0 Å². The van der Waals surface area contributed by atoms with Crippen LogP contribution in [-0.4, -0.2) is 27.7 Å². The zero-order chi connectivity index (χ0) is 25.0. The van der Waals surface area contributed by atoms with Crippen LogP contribution in [0.25, 0.3) is 10.2 Å². The molecule has 0 bridgehead atoms. The summed E-state index contributed by atoms with van der Waals surface area (Å²) >= 11 is 1.46. The molecule has 2 amide bonds. The summed E-state index contributed by atoms with van der Waals surface area (Å²) in [6.07, 6.45) is -0.596. The van der Waals surface area contributed by atoms with Crippen LogP contribution in [-0.2, 0) is 11.3 Å². The topological polar surface area (TPSA) is 113 Å². The van der Waals surface area contributed by atoms with Crippen LogP contribution in [0.15, 0.2) is 66.7 Å². The predicted molar refractivity (Wildman–Crippen MR) is 139 cm³/mol. The number of benzene rings is 3. The summed E-state index contributed by atoms with van der Waals surface area (Å²) < 4.78 is 6.20. The molecule has 8 nitrogen and oxygen atoms in total. The SMILES string of the molecule is CC(C)(C)OC(=O)Nc1ccccc1NC(=O)c1ccc(CNc2nc3ccc(O)cc3s2)cc1. The number of hydrogen-bond acceptors (Lipinski definition) is 7. The lowest BCUT2D eigenvalue weighted by Gasteiger charge is -2.20. The molecule has 9 heteroatoms. The molecule has 0 atom stereocenters.